The average Bonchev–Trinajstić information content (AvgIpc) is 2.67. The van der Waals surface area contributed by atoms with Crippen molar-refractivity contribution in [3.63, 3.8) is 0 Å². The summed E-state index contributed by atoms with van der Waals surface area (Å²) in [5.74, 6) is 0.301. The Morgan fingerprint density at radius 2 is 1.89 bits per heavy atom. The summed E-state index contributed by atoms with van der Waals surface area (Å²) < 4.78 is 10.3. The number of ether oxygens (including phenoxy) is 2. The summed E-state index contributed by atoms with van der Waals surface area (Å²) in [6, 6.07) is 8.54. The van der Waals surface area contributed by atoms with Crippen LogP contribution < -0.4 is 20.1 Å². The predicted octanol–water partition coefficient (Wildman–Crippen LogP) is 2.84. The number of methoxy groups -OCH3 is 2. The van der Waals surface area contributed by atoms with Gasteiger partial charge in [-0.3, -0.25) is 20.2 Å². The van der Waals surface area contributed by atoms with Crippen molar-refractivity contribution in [3.8, 4) is 17.2 Å². The lowest BCUT2D eigenvalue weighted by atomic mass is 10.2. The number of amides is 1. The standard InChI is InChI=1S/C18H17N3O6S/c1-26-15-7-3-11(9-16(15)27-2)4-8-17(23)20-18(28)19-13-10-12(21(24)25)5-6-14(13)22/h3-10,22H,1-2H3,(H2,19,20,23,28)/b8-4+. The third kappa shape index (κ3) is 5.42. The van der Waals surface area contributed by atoms with Gasteiger partial charge >= 0.3 is 0 Å². The number of carbonyl (C=O) groups is 1. The highest BCUT2D eigenvalue weighted by molar-refractivity contribution is 7.80. The first-order valence-corrected chi connectivity index (χ1v) is 8.24. The number of aromatic hydroxyl groups is 1. The van der Waals surface area contributed by atoms with E-state index >= 15 is 0 Å². The molecule has 0 fully saturated rings. The summed E-state index contributed by atoms with van der Waals surface area (Å²) >= 11 is 4.99. The van der Waals surface area contributed by atoms with Crippen molar-refractivity contribution in [3.05, 3.63) is 58.2 Å². The van der Waals surface area contributed by atoms with Crippen molar-refractivity contribution in [1.29, 1.82) is 0 Å². The van der Waals surface area contributed by atoms with Crippen LogP contribution in [-0.2, 0) is 4.79 Å². The summed E-state index contributed by atoms with van der Waals surface area (Å²) in [4.78, 5) is 22.2. The number of hydrogen-bond donors (Lipinski definition) is 3. The van der Waals surface area contributed by atoms with Gasteiger partial charge in [0.15, 0.2) is 16.6 Å². The second-order valence-corrected chi connectivity index (χ2v) is 5.76. The minimum absolute atomic E-state index is 0.00312. The Kier molecular flexibility index (Phi) is 6.88. The second kappa shape index (κ2) is 9.33. The van der Waals surface area contributed by atoms with Gasteiger partial charge in [-0.2, -0.15) is 0 Å². The van der Waals surface area contributed by atoms with E-state index in [0.717, 1.165) is 18.2 Å². The molecule has 2 aromatic rings. The largest absolute Gasteiger partial charge is 0.506 e. The van der Waals surface area contributed by atoms with Crippen molar-refractivity contribution >= 4 is 40.7 Å². The van der Waals surface area contributed by atoms with Gasteiger partial charge in [0.05, 0.1) is 24.8 Å². The van der Waals surface area contributed by atoms with Crippen LogP contribution in [0.15, 0.2) is 42.5 Å². The zero-order chi connectivity index (χ0) is 20.7. The number of phenolic OH excluding ortho intramolecular Hbond substituents is 1. The minimum atomic E-state index is -0.613. The van der Waals surface area contributed by atoms with Crippen molar-refractivity contribution in [1.82, 2.24) is 5.32 Å². The van der Waals surface area contributed by atoms with Crippen LogP contribution in [0.4, 0.5) is 11.4 Å². The molecule has 10 heteroatoms. The number of phenols is 1. The molecule has 3 N–H and O–H groups in total. The molecule has 28 heavy (non-hydrogen) atoms. The summed E-state index contributed by atoms with van der Waals surface area (Å²) in [5.41, 5.74) is 0.467. The van der Waals surface area contributed by atoms with Crippen LogP contribution in [0.3, 0.4) is 0 Å². The molecule has 0 radical (unpaired) electrons. The molecule has 0 spiro atoms. The number of carbonyl (C=O) groups excluding carboxylic acids is 1. The molecule has 0 unspecified atom stereocenters. The summed E-state index contributed by atoms with van der Waals surface area (Å²) in [6.45, 7) is 0. The summed E-state index contributed by atoms with van der Waals surface area (Å²) in [7, 11) is 3.03. The van der Waals surface area contributed by atoms with E-state index in [2.05, 4.69) is 10.6 Å². The fourth-order valence-electron chi connectivity index (χ4n) is 2.17. The van der Waals surface area contributed by atoms with Gasteiger partial charge in [-0.1, -0.05) is 6.07 Å². The molecule has 0 atom stereocenters. The lowest BCUT2D eigenvalue weighted by Crippen LogP contribution is -2.32. The molecular weight excluding hydrogens is 386 g/mol. The summed E-state index contributed by atoms with van der Waals surface area (Å²) in [6.07, 6.45) is 2.80. The maximum Gasteiger partial charge on any atom is 0.271 e. The van der Waals surface area contributed by atoms with Gasteiger partial charge in [-0.05, 0) is 42.1 Å². The van der Waals surface area contributed by atoms with Crippen molar-refractivity contribution in [2.24, 2.45) is 0 Å². The van der Waals surface area contributed by atoms with E-state index < -0.39 is 10.8 Å². The molecule has 0 aliphatic rings. The Bertz CT molecular complexity index is 945. The number of benzene rings is 2. The Hall–Kier alpha value is -3.66. The SMILES string of the molecule is COc1ccc(/C=C/C(=O)NC(=S)Nc2cc([N+](=O)[O-])ccc2O)cc1OC. The van der Waals surface area contributed by atoms with E-state index in [4.69, 9.17) is 21.7 Å². The molecule has 0 saturated heterocycles. The number of hydrogen-bond acceptors (Lipinski definition) is 7. The zero-order valence-corrected chi connectivity index (χ0v) is 15.8. The zero-order valence-electron chi connectivity index (χ0n) is 15.0. The van der Waals surface area contributed by atoms with Gasteiger partial charge in [0, 0.05) is 18.2 Å². The van der Waals surface area contributed by atoms with Crippen LogP contribution in [0.25, 0.3) is 6.08 Å². The van der Waals surface area contributed by atoms with E-state index in [1.165, 1.54) is 20.3 Å². The number of nitro benzene ring substituents is 1. The third-order valence-corrected chi connectivity index (χ3v) is 3.71. The maximum atomic E-state index is 12.0. The molecule has 0 bridgehead atoms. The van der Waals surface area contributed by atoms with Crippen molar-refractivity contribution in [2.45, 2.75) is 0 Å². The second-order valence-electron chi connectivity index (χ2n) is 5.35. The first kappa shape index (κ1) is 20.6. The highest BCUT2D eigenvalue weighted by atomic mass is 32.1. The molecule has 146 valence electrons. The third-order valence-electron chi connectivity index (χ3n) is 3.51. The molecule has 0 aromatic heterocycles. The van der Waals surface area contributed by atoms with Gasteiger partial charge in [0.2, 0.25) is 5.91 Å². The summed E-state index contributed by atoms with van der Waals surface area (Å²) in [5, 5.41) is 25.4. The van der Waals surface area contributed by atoms with Gasteiger partial charge in [-0.25, -0.2) is 0 Å². The van der Waals surface area contributed by atoms with Crippen LogP contribution in [0, 0.1) is 10.1 Å². The first-order valence-electron chi connectivity index (χ1n) is 7.83. The normalized spacial score (nSPS) is 10.4. The van der Waals surface area contributed by atoms with E-state index in [0.29, 0.717) is 17.1 Å². The Balaban J connectivity index is 2.01. The molecule has 0 saturated carbocycles. The number of nitrogens with zero attached hydrogens (tertiary/aromatic N) is 1. The number of thiocarbonyl (C=S) groups is 1. The van der Waals surface area contributed by atoms with Crippen LogP contribution in [-0.4, -0.2) is 35.3 Å². The van der Waals surface area contributed by atoms with E-state index in [-0.39, 0.29) is 22.2 Å². The highest BCUT2D eigenvalue weighted by Crippen LogP contribution is 2.28. The lowest BCUT2D eigenvalue weighted by molar-refractivity contribution is -0.384. The smallest absolute Gasteiger partial charge is 0.271 e. The van der Waals surface area contributed by atoms with Gasteiger partial charge < -0.3 is 19.9 Å². The maximum absolute atomic E-state index is 12.0. The number of nitro groups is 1. The monoisotopic (exact) mass is 403 g/mol. The highest BCUT2D eigenvalue weighted by Gasteiger charge is 2.12. The van der Waals surface area contributed by atoms with Crippen LogP contribution in [0.5, 0.6) is 17.2 Å². The lowest BCUT2D eigenvalue weighted by Gasteiger charge is -2.09. The van der Waals surface area contributed by atoms with Crippen molar-refractivity contribution < 1.29 is 24.3 Å². The van der Waals surface area contributed by atoms with Gasteiger partial charge in [0.25, 0.3) is 5.69 Å². The van der Waals surface area contributed by atoms with E-state index in [1.807, 2.05) is 0 Å². The molecule has 0 aliphatic carbocycles. The van der Waals surface area contributed by atoms with Crippen LogP contribution in [0.1, 0.15) is 5.56 Å². The fraction of sp³-hybridized carbons (Fsp3) is 0.111. The minimum Gasteiger partial charge on any atom is -0.506 e. The predicted molar refractivity (Wildman–Crippen MR) is 108 cm³/mol. The molecule has 0 heterocycles. The van der Waals surface area contributed by atoms with Crippen molar-refractivity contribution in [2.75, 3.05) is 19.5 Å². The van der Waals surface area contributed by atoms with Gasteiger partial charge in [0.1, 0.15) is 5.75 Å². The van der Waals surface area contributed by atoms with Crippen LogP contribution in [0.2, 0.25) is 0 Å². The molecule has 2 aromatic carbocycles. The molecular formula is C18H17N3O6S. The van der Waals surface area contributed by atoms with Gasteiger partial charge in [-0.15, -0.1) is 0 Å². The number of non-ortho nitro benzene ring substituents is 1. The Labute approximate surface area is 165 Å². The Morgan fingerprint density at radius 1 is 1.18 bits per heavy atom. The fourth-order valence-corrected chi connectivity index (χ4v) is 2.38. The molecule has 1 amide bonds. The van der Waals surface area contributed by atoms with E-state index in [9.17, 15) is 20.0 Å². The number of rotatable bonds is 6. The number of anilines is 1. The molecule has 9 nitrogen and oxygen atoms in total. The van der Waals surface area contributed by atoms with E-state index in [1.54, 1.807) is 24.3 Å². The quantitative estimate of drug-likeness (QED) is 0.221. The first-order chi connectivity index (χ1) is 13.3. The topological polar surface area (TPSA) is 123 Å². The Morgan fingerprint density at radius 3 is 2.54 bits per heavy atom. The average molecular weight is 403 g/mol. The number of nitrogens with one attached hydrogen (secondary N) is 2. The molecule has 0 aliphatic heterocycles. The molecule has 2 rings (SSSR count). The van der Waals surface area contributed by atoms with Crippen LogP contribution >= 0.6 is 12.2 Å².